The molecule has 0 bridgehead atoms. The van der Waals surface area contributed by atoms with E-state index >= 15 is 0 Å². The number of nitro benzene ring substituents is 1. The third kappa shape index (κ3) is 6.62. The molecule has 0 heterocycles. The van der Waals surface area contributed by atoms with Gasteiger partial charge in [-0.1, -0.05) is 12.2 Å². The molecule has 0 aliphatic rings. The molecule has 0 radical (unpaired) electrons. The number of benzene rings is 1. The summed E-state index contributed by atoms with van der Waals surface area (Å²) in [6, 6.07) is -0.00327. The quantitative estimate of drug-likeness (QED) is 0.284. The van der Waals surface area contributed by atoms with E-state index in [9.17, 15) is 36.5 Å². The molecule has 1 aromatic carbocycles. The highest BCUT2D eigenvalue weighted by atomic mass is 32.2. The molecule has 0 spiro atoms. The zero-order valence-electron chi connectivity index (χ0n) is 13.8. The van der Waals surface area contributed by atoms with Crippen LogP contribution in [-0.4, -0.2) is 44.7 Å². The SMILES string of the molecule is COC(=O)[C@H](CC=C[C@@H](N)C(F)(F)F)NS(=O)(=O)c1ccc([N+](=O)[O-])cc1. The normalized spacial score (nSPS) is 14.7. The lowest BCUT2D eigenvalue weighted by Gasteiger charge is -2.16. The van der Waals surface area contributed by atoms with Crippen LogP contribution in [0.5, 0.6) is 0 Å². The number of nitrogens with two attached hydrogens (primary N) is 1. The molecule has 27 heavy (non-hydrogen) atoms. The standard InChI is InChI=1S/C14H16F3N3O6S/c1-26-13(21)11(3-2-4-12(18)14(15,16)17)19-27(24,25)10-7-5-9(6-8-10)20(22)23/h2,4-8,11-12,19H,3,18H2,1H3/t11-,12+/m0/s1. The average Bonchev–Trinajstić information content (AvgIpc) is 2.59. The smallest absolute Gasteiger partial charge is 0.407 e. The fourth-order valence-corrected chi connectivity index (χ4v) is 3.00. The number of rotatable bonds is 8. The number of carbonyl (C=O) groups is 1. The minimum absolute atomic E-state index is 0.345. The van der Waals surface area contributed by atoms with Gasteiger partial charge in [0.1, 0.15) is 12.1 Å². The number of alkyl halides is 3. The number of carbonyl (C=O) groups excluding carboxylic acids is 1. The minimum Gasteiger partial charge on any atom is -0.468 e. The van der Waals surface area contributed by atoms with Crippen molar-refractivity contribution in [1.29, 1.82) is 0 Å². The molecule has 0 aliphatic heterocycles. The summed E-state index contributed by atoms with van der Waals surface area (Å²) in [4.78, 5) is 21.2. The monoisotopic (exact) mass is 411 g/mol. The predicted molar refractivity (Wildman–Crippen MR) is 87.0 cm³/mol. The molecule has 150 valence electrons. The molecule has 2 atom stereocenters. The zero-order valence-corrected chi connectivity index (χ0v) is 14.7. The molecule has 3 N–H and O–H groups in total. The van der Waals surface area contributed by atoms with Crippen molar-refractivity contribution in [3.8, 4) is 0 Å². The predicted octanol–water partition coefficient (Wildman–Crippen LogP) is 1.25. The molecule has 0 unspecified atom stereocenters. The van der Waals surface area contributed by atoms with Crippen molar-refractivity contribution in [2.45, 2.75) is 29.6 Å². The third-order valence-corrected chi connectivity index (χ3v) is 4.72. The summed E-state index contributed by atoms with van der Waals surface area (Å²) in [6.45, 7) is 0. The molecule has 0 amide bonds. The van der Waals surface area contributed by atoms with Crippen molar-refractivity contribution in [1.82, 2.24) is 4.72 Å². The lowest BCUT2D eigenvalue weighted by atomic mass is 10.2. The number of ether oxygens (including phenoxy) is 1. The number of hydrogen-bond acceptors (Lipinski definition) is 7. The van der Waals surface area contributed by atoms with Gasteiger partial charge in [0, 0.05) is 12.1 Å². The number of esters is 1. The van der Waals surface area contributed by atoms with E-state index in [0.717, 1.165) is 37.5 Å². The van der Waals surface area contributed by atoms with Crippen molar-refractivity contribution in [3.05, 3.63) is 46.5 Å². The number of nitro groups is 1. The van der Waals surface area contributed by atoms with Gasteiger partial charge in [-0.15, -0.1) is 0 Å². The first-order valence-electron chi connectivity index (χ1n) is 7.22. The molecule has 0 saturated carbocycles. The van der Waals surface area contributed by atoms with E-state index in [1.165, 1.54) is 0 Å². The number of halogens is 3. The summed E-state index contributed by atoms with van der Waals surface area (Å²) < 4.78 is 68.0. The summed E-state index contributed by atoms with van der Waals surface area (Å²) in [6.07, 6.45) is -3.66. The minimum atomic E-state index is -4.68. The van der Waals surface area contributed by atoms with Crippen LogP contribution in [0.4, 0.5) is 18.9 Å². The lowest BCUT2D eigenvalue weighted by molar-refractivity contribution is -0.384. The number of methoxy groups -OCH3 is 1. The first-order chi connectivity index (χ1) is 12.4. The van der Waals surface area contributed by atoms with E-state index in [2.05, 4.69) is 4.74 Å². The summed E-state index contributed by atoms with van der Waals surface area (Å²) >= 11 is 0. The van der Waals surface area contributed by atoms with Crippen molar-refractivity contribution in [3.63, 3.8) is 0 Å². The van der Waals surface area contributed by atoms with Crippen LogP contribution in [0.25, 0.3) is 0 Å². The second-order valence-electron chi connectivity index (χ2n) is 5.18. The van der Waals surface area contributed by atoms with Gasteiger partial charge in [-0.2, -0.15) is 17.9 Å². The van der Waals surface area contributed by atoms with E-state index in [0.29, 0.717) is 6.08 Å². The Bertz CT molecular complexity index is 808. The number of nitrogens with zero attached hydrogens (tertiary/aromatic N) is 1. The fraction of sp³-hybridized carbons (Fsp3) is 0.357. The Balaban J connectivity index is 2.96. The number of non-ortho nitro benzene ring substituents is 1. The van der Waals surface area contributed by atoms with Crippen LogP contribution < -0.4 is 10.5 Å². The van der Waals surface area contributed by atoms with Gasteiger partial charge < -0.3 is 10.5 Å². The van der Waals surface area contributed by atoms with Gasteiger partial charge in [0.2, 0.25) is 10.0 Å². The van der Waals surface area contributed by atoms with Gasteiger partial charge in [-0.25, -0.2) is 8.42 Å². The Kier molecular flexibility index (Phi) is 7.45. The summed E-state index contributed by atoms with van der Waals surface area (Å²) in [5.74, 6) is -1.04. The Hall–Kier alpha value is -2.51. The Morgan fingerprint density at radius 1 is 1.37 bits per heavy atom. The average molecular weight is 411 g/mol. The molecular weight excluding hydrogens is 395 g/mol. The van der Waals surface area contributed by atoms with Gasteiger partial charge in [-0.3, -0.25) is 14.9 Å². The van der Waals surface area contributed by atoms with Gasteiger partial charge in [-0.05, 0) is 18.6 Å². The van der Waals surface area contributed by atoms with Crippen molar-refractivity contribution >= 4 is 21.7 Å². The maximum Gasteiger partial charge on any atom is 0.407 e. The molecular formula is C14H16F3N3O6S. The molecule has 0 aromatic heterocycles. The number of nitrogens with one attached hydrogen (secondary N) is 1. The van der Waals surface area contributed by atoms with Crippen LogP contribution in [0.3, 0.4) is 0 Å². The first kappa shape index (κ1) is 22.5. The number of sulfonamides is 1. The van der Waals surface area contributed by atoms with E-state index < -0.39 is 45.6 Å². The Labute approximate surface area is 152 Å². The third-order valence-electron chi connectivity index (χ3n) is 3.23. The highest BCUT2D eigenvalue weighted by Crippen LogP contribution is 2.20. The lowest BCUT2D eigenvalue weighted by Crippen LogP contribution is -2.41. The van der Waals surface area contributed by atoms with Crippen LogP contribution in [0.1, 0.15) is 6.42 Å². The molecule has 0 aliphatic carbocycles. The van der Waals surface area contributed by atoms with E-state index in [4.69, 9.17) is 5.73 Å². The highest BCUT2D eigenvalue weighted by molar-refractivity contribution is 7.89. The Morgan fingerprint density at radius 3 is 2.37 bits per heavy atom. The van der Waals surface area contributed by atoms with Crippen LogP contribution in [0.15, 0.2) is 41.3 Å². The second kappa shape index (κ2) is 8.92. The largest absolute Gasteiger partial charge is 0.468 e. The number of hydrogen-bond donors (Lipinski definition) is 2. The van der Waals surface area contributed by atoms with Crippen molar-refractivity contribution in [2.75, 3.05) is 7.11 Å². The Morgan fingerprint density at radius 2 is 1.93 bits per heavy atom. The second-order valence-corrected chi connectivity index (χ2v) is 6.89. The summed E-state index contributed by atoms with van der Waals surface area (Å²) in [7, 11) is -3.32. The van der Waals surface area contributed by atoms with Gasteiger partial charge in [0.25, 0.3) is 5.69 Å². The molecule has 9 nitrogen and oxygen atoms in total. The summed E-state index contributed by atoms with van der Waals surface area (Å²) in [5, 5.41) is 10.6. The van der Waals surface area contributed by atoms with E-state index in [1.807, 2.05) is 4.72 Å². The first-order valence-corrected chi connectivity index (χ1v) is 8.70. The van der Waals surface area contributed by atoms with E-state index in [-0.39, 0.29) is 10.6 Å². The molecule has 0 fully saturated rings. The van der Waals surface area contributed by atoms with Crippen LogP contribution >= 0.6 is 0 Å². The molecule has 0 saturated heterocycles. The summed E-state index contributed by atoms with van der Waals surface area (Å²) in [5.41, 5.74) is 4.54. The van der Waals surface area contributed by atoms with Crippen LogP contribution in [0.2, 0.25) is 0 Å². The van der Waals surface area contributed by atoms with Crippen molar-refractivity contribution in [2.24, 2.45) is 5.73 Å². The van der Waals surface area contributed by atoms with Crippen LogP contribution in [-0.2, 0) is 19.6 Å². The highest BCUT2D eigenvalue weighted by Gasteiger charge is 2.34. The van der Waals surface area contributed by atoms with Gasteiger partial charge in [0.15, 0.2) is 0 Å². The fourth-order valence-electron chi connectivity index (χ4n) is 1.81. The van der Waals surface area contributed by atoms with Crippen molar-refractivity contribution < 1.29 is 36.0 Å². The maximum atomic E-state index is 12.4. The maximum absolute atomic E-state index is 12.4. The van der Waals surface area contributed by atoms with E-state index in [1.54, 1.807) is 0 Å². The zero-order chi connectivity index (χ0) is 20.8. The molecule has 1 rings (SSSR count). The van der Waals surface area contributed by atoms with Crippen LogP contribution in [0, 0.1) is 10.1 Å². The van der Waals surface area contributed by atoms with Gasteiger partial charge in [0.05, 0.1) is 16.9 Å². The van der Waals surface area contributed by atoms with Gasteiger partial charge >= 0.3 is 12.1 Å². The molecule has 13 heteroatoms. The molecule has 1 aromatic rings. The topological polar surface area (TPSA) is 142 Å².